The van der Waals surface area contributed by atoms with E-state index in [2.05, 4.69) is 5.10 Å². The molecule has 1 aromatic carbocycles. The predicted octanol–water partition coefficient (Wildman–Crippen LogP) is 3.14. The smallest absolute Gasteiger partial charge is 0.339 e. The highest BCUT2D eigenvalue weighted by Gasteiger charge is 2.25. The molecule has 0 fully saturated rings. The van der Waals surface area contributed by atoms with E-state index in [-0.39, 0.29) is 5.56 Å². The number of benzene rings is 1. The topological polar surface area (TPSA) is 55.1 Å². The second-order valence-electron chi connectivity index (χ2n) is 5.30. The van der Waals surface area contributed by atoms with Crippen molar-refractivity contribution >= 4 is 5.97 Å². The van der Waals surface area contributed by atoms with Gasteiger partial charge >= 0.3 is 5.97 Å². The van der Waals surface area contributed by atoms with Crippen LogP contribution in [0.1, 0.15) is 31.1 Å². The second-order valence-corrected chi connectivity index (χ2v) is 5.30. The number of carboxylic acids is 1. The van der Waals surface area contributed by atoms with Gasteiger partial charge in [-0.05, 0) is 32.9 Å². The zero-order valence-corrected chi connectivity index (χ0v) is 11.0. The maximum Gasteiger partial charge on any atom is 0.339 e. The largest absolute Gasteiger partial charge is 0.478 e. The van der Waals surface area contributed by atoms with Crippen LogP contribution in [0.5, 0.6) is 0 Å². The van der Waals surface area contributed by atoms with Gasteiger partial charge < -0.3 is 5.11 Å². The van der Waals surface area contributed by atoms with Crippen LogP contribution in [0, 0.1) is 5.82 Å². The number of aromatic carboxylic acids is 1. The number of carbonyl (C=O) groups is 1. The molecule has 0 bridgehead atoms. The Labute approximate surface area is 110 Å². The van der Waals surface area contributed by atoms with Crippen molar-refractivity contribution in [2.75, 3.05) is 0 Å². The highest BCUT2D eigenvalue weighted by molar-refractivity contribution is 5.94. The summed E-state index contributed by atoms with van der Waals surface area (Å²) < 4.78 is 14.9. The number of carboxylic acid groups (broad SMARTS) is 1. The summed E-state index contributed by atoms with van der Waals surface area (Å²) in [7, 11) is 0. The van der Waals surface area contributed by atoms with Crippen LogP contribution in [0.4, 0.5) is 4.39 Å². The first-order valence-corrected chi connectivity index (χ1v) is 5.88. The number of rotatable bonds is 2. The first kappa shape index (κ1) is 13.3. The number of hydrogen-bond donors (Lipinski definition) is 1. The third-order valence-electron chi connectivity index (χ3n) is 2.73. The van der Waals surface area contributed by atoms with Crippen LogP contribution in [-0.2, 0) is 5.54 Å². The van der Waals surface area contributed by atoms with E-state index in [4.69, 9.17) is 0 Å². The average Bonchev–Trinajstić information content (AvgIpc) is 2.72. The van der Waals surface area contributed by atoms with E-state index < -0.39 is 17.3 Å². The molecular formula is C14H15FN2O2. The number of hydrogen-bond acceptors (Lipinski definition) is 2. The van der Waals surface area contributed by atoms with Crippen molar-refractivity contribution in [1.82, 2.24) is 9.78 Å². The van der Waals surface area contributed by atoms with Crippen molar-refractivity contribution in [3.05, 3.63) is 41.8 Å². The molecule has 2 rings (SSSR count). The lowest BCUT2D eigenvalue weighted by Gasteiger charge is -2.22. The van der Waals surface area contributed by atoms with Crippen LogP contribution in [0.2, 0.25) is 0 Å². The zero-order chi connectivity index (χ0) is 14.2. The van der Waals surface area contributed by atoms with Crippen molar-refractivity contribution in [3.8, 4) is 11.3 Å². The normalized spacial score (nSPS) is 11.6. The Morgan fingerprint density at radius 2 is 2.05 bits per heavy atom. The summed E-state index contributed by atoms with van der Waals surface area (Å²) in [4.78, 5) is 11.3. The van der Waals surface area contributed by atoms with E-state index in [1.807, 2.05) is 20.8 Å². The Morgan fingerprint density at radius 3 is 2.58 bits per heavy atom. The fourth-order valence-electron chi connectivity index (χ4n) is 1.93. The molecule has 1 heterocycles. The molecule has 100 valence electrons. The summed E-state index contributed by atoms with van der Waals surface area (Å²) in [6.45, 7) is 5.73. The summed E-state index contributed by atoms with van der Waals surface area (Å²) in [5.74, 6) is -1.48. The Hall–Kier alpha value is -2.17. The summed E-state index contributed by atoms with van der Waals surface area (Å²) in [5.41, 5.74) is 0.597. The first-order valence-electron chi connectivity index (χ1n) is 5.88. The standard InChI is InChI=1S/C14H15FN2O2/c1-14(2,3)17-12(11(8-16-17)13(18)19)9-5-4-6-10(15)7-9/h4-8H,1-3H3,(H,18,19). The molecule has 19 heavy (non-hydrogen) atoms. The number of halogens is 1. The van der Waals surface area contributed by atoms with Crippen LogP contribution in [0.25, 0.3) is 11.3 Å². The minimum absolute atomic E-state index is 0.0699. The van der Waals surface area contributed by atoms with Crippen molar-refractivity contribution in [3.63, 3.8) is 0 Å². The van der Waals surface area contributed by atoms with Gasteiger partial charge in [0.05, 0.1) is 17.4 Å². The van der Waals surface area contributed by atoms with Gasteiger partial charge in [-0.2, -0.15) is 5.10 Å². The predicted molar refractivity (Wildman–Crippen MR) is 69.6 cm³/mol. The van der Waals surface area contributed by atoms with E-state index in [1.54, 1.807) is 16.8 Å². The van der Waals surface area contributed by atoms with Crippen LogP contribution < -0.4 is 0 Å². The quantitative estimate of drug-likeness (QED) is 0.904. The van der Waals surface area contributed by atoms with E-state index in [0.717, 1.165) is 0 Å². The molecule has 0 spiro atoms. The number of nitrogens with zero attached hydrogens (tertiary/aromatic N) is 2. The molecule has 0 aliphatic carbocycles. The van der Waals surface area contributed by atoms with Crippen LogP contribution in [0.3, 0.4) is 0 Å². The summed E-state index contributed by atoms with van der Waals surface area (Å²) in [5, 5.41) is 13.4. The second kappa shape index (κ2) is 4.50. The summed E-state index contributed by atoms with van der Waals surface area (Å²) >= 11 is 0. The van der Waals surface area contributed by atoms with Gasteiger partial charge in [0, 0.05) is 5.56 Å². The number of aromatic nitrogens is 2. The van der Waals surface area contributed by atoms with Crippen LogP contribution in [0.15, 0.2) is 30.5 Å². The van der Waals surface area contributed by atoms with E-state index in [9.17, 15) is 14.3 Å². The third-order valence-corrected chi connectivity index (χ3v) is 2.73. The molecule has 0 unspecified atom stereocenters. The fourth-order valence-corrected chi connectivity index (χ4v) is 1.93. The van der Waals surface area contributed by atoms with Gasteiger partial charge in [0.1, 0.15) is 11.4 Å². The van der Waals surface area contributed by atoms with E-state index >= 15 is 0 Å². The third kappa shape index (κ3) is 2.50. The minimum Gasteiger partial charge on any atom is -0.478 e. The van der Waals surface area contributed by atoms with Gasteiger partial charge in [0.25, 0.3) is 0 Å². The lowest BCUT2D eigenvalue weighted by molar-refractivity contribution is 0.0697. The van der Waals surface area contributed by atoms with Crippen molar-refractivity contribution in [2.24, 2.45) is 0 Å². The Kier molecular flexibility index (Phi) is 3.14. The van der Waals surface area contributed by atoms with Gasteiger partial charge in [-0.25, -0.2) is 9.18 Å². The molecular weight excluding hydrogens is 247 g/mol. The van der Waals surface area contributed by atoms with Gasteiger partial charge in [-0.1, -0.05) is 12.1 Å². The monoisotopic (exact) mass is 262 g/mol. The van der Waals surface area contributed by atoms with Gasteiger partial charge in [0.15, 0.2) is 0 Å². The maximum atomic E-state index is 13.3. The fraction of sp³-hybridized carbons (Fsp3) is 0.286. The average molecular weight is 262 g/mol. The highest BCUT2D eigenvalue weighted by Crippen LogP contribution is 2.29. The first-order chi connectivity index (χ1) is 8.80. The Bertz CT molecular complexity index is 627. The molecule has 1 N–H and O–H groups in total. The van der Waals surface area contributed by atoms with Gasteiger partial charge in [-0.3, -0.25) is 4.68 Å². The molecule has 0 aliphatic rings. The summed E-state index contributed by atoms with van der Waals surface area (Å²) in [6.07, 6.45) is 1.30. The molecule has 0 saturated heterocycles. The minimum atomic E-state index is -1.07. The van der Waals surface area contributed by atoms with Crippen molar-refractivity contribution < 1.29 is 14.3 Å². The van der Waals surface area contributed by atoms with Gasteiger partial charge in [0.2, 0.25) is 0 Å². The van der Waals surface area contributed by atoms with Crippen LogP contribution >= 0.6 is 0 Å². The lowest BCUT2D eigenvalue weighted by Crippen LogP contribution is -2.24. The van der Waals surface area contributed by atoms with Gasteiger partial charge in [-0.15, -0.1) is 0 Å². The lowest BCUT2D eigenvalue weighted by atomic mass is 10.0. The molecule has 5 heteroatoms. The van der Waals surface area contributed by atoms with Crippen molar-refractivity contribution in [1.29, 1.82) is 0 Å². The molecule has 0 saturated carbocycles. The van der Waals surface area contributed by atoms with Crippen LogP contribution in [-0.4, -0.2) is 20.9 Å². The van der Waals surface area contributed by atoms with Crippen molar-refractivity contribution in [2.45, 2.75) is 26.3 Å². The SMILES string of the molecule is CC(C)(C)n1ncc(C(=O)O)c1-c1cccc(F)c1. The molecule has 0 amide bonds. The van der Waals surface area contributed by atoms with E-state index in [1.165, 1.54) is 18.3 Å². The molecule has 0 radical (unpaired) electrons. The van der Waals surface area contributed by atoms with E-state index in [0.29, 0.717) is 11.3 Å². The highest BCUT2D eigenvalue weighted by atomic mass is 19.1. The molecule has 2 aromatic rings. The zero-order valence-electron chi connectivity index (χ0n) is 11.0. The summed E-state index contributed by atoms with van der Waals surface area (Å²) in [6, 6.07) is 5.86. The molecule has 0 atom stereocenters. The Morgan fingerprint density at radius 1 is 1.37 bits per heavy atom. The molecule has 0 aliphatic heterocycles. The Balaban J connectivity index is 2.72. The molecule has 1 aromatic heterocycles. The maximum absolute atomic E-state index is 13.3. The molecule has 4 nitrogen and oxygen atoms in total.